The Kier molecular flexibility index (Phi) is 4.51. The number of sulfonamides is 1. The van der Waals surface area contributed by atoms with Crippen molar-refractivity contribution in [2.24, 2.45) is 0 Å². The summed E-state index contributed by atoms with van der Waals surface area (Å²) in [6.45, 7) is 0.404. The number of rotatable bonds is 5. The molecule has 0 saturated heterocycles. The molecule has 0 spiro atoms. The second-order valence-electron chi connectivity index (χ2n) is 3.90. The normalized spacial score (nSPS) is 11.8. The van der Waals surface area contributed by atoms with Gasteiger partial charge in [-0.25, -0.2) is 26.9 Å². The van der Waals surface area contributed by atoms with E-state index in [2.05, 4.69) is 25.6 Å². The molecule has 108 valence electrons. The molecule has 1 aromatic carbocycles. The van der Waals surface area contributed by atoms with Crippen molar-refractivity contribution in [3.63, 3.8) is 0 Å². The molecule has 0 radical (unpaired) electrons. The van der Waals surface area contributed by atoms with Gasteiger partial charge in [-0.3, -0.25) is 0 Å². The van der Waals surface area contributed by atoms with E-state index >= 15 is 0 Å². The molecule has 1 N–H and O–H groups in total. The number of nitrogens with one attached hydrogen (secondary N) is 1. The molecule has 0 bridgehead atoms. The van der Waals surface area contributed by atoms with Gasteiger partial charge in [-0.2, -0.15) is 0 Å². The summed E-state index contributed by atoms with van der Waals surface area (Å²) in [7, 11) is -4.06. The minimum Gasteiger partial charge on any atom is -0.336 e. The van der Waals surface area contributed by atoms with Crippen molar-refractivity contribution in [1.29, 1.82) is 0 Å². The average Bonchev–Trinajstić information content (AvgIpc) is 2.79. The molecule has 20 heavy (non-hydrogen) atoms. The van der Waals surface area contributed by atoms with Crippen LogP contribution < -0.4 is 4.72 Å². The van der Waals surface area contributed by atoms with Gasteiger partial charge in [0, 0.05) is 36.0 Å². The van der Waals surface area contributed by atoms with E-state index in [9.17, 15) is 17.2 Å². The first kappa shape index (κ1) is 15.1. The van der Waals surface area contributed by atoms with Crippen LogP contribution in [0.2, 0.25) is 0 Å². The number of aromatic nitrogens is 2. The van der Waals surface area contributed by atoms with Crippen LogP contribution in [-0.4, -0.2) is 24.5 Å². The number of nitrogens with zero attached hydrogens (tertiary/aromatic N) is 2. The van der Waals surface area contributed by atoms with Crippen LogP contribution in [0.15, 0.2) is 40.2 Å². The average molecular weight is 366 g/mol. The van der Waals surface area contributed by atoms with E-state index in [1.807, 2.05) is 0 Å². The first-order valence-corrected chi connectivity index (χ1v) is 7.78. The van der Waals surface area contributed by atoms with Crippen LogP contribution in [0.25, 0.3) is 0 Å². The van der Waals surface area contributed by atoms with Gasteiger partial charge in [-0.15, -0.1) is 0 Å². The van der Waals surface area contributed by atoms with E-state index in [1.54, 1.807) is 17.0 Å². The summed E-state index contributed by atoms with van der Waals surface area (Å²) in [4.78, 5) is 3.20. The number of hydrogen-bond donors (Lipinski definition) is 1. The molecule has 0 fully saturated rings. The van der Waals surface area contributed by atoms with Crippen LogP contribution >= 0.6 is 15.9 Å². The largest absolute Gasteiger partial charge is 0.336 e. The Hall–Kier alpha value is -1.32. The van der Waals surface area contributed by atoms with Gasteiger partial charge in [0.15, 0.2) is 0 Å². The molecule has 1 aromatic heterocycles. The number of halogens is 3. The number of benzene rings is 1. The molecule has 1 heterocycles. The highest BCUT2D eigenvalue weighted by molar-refractivity contribution is 9.10. The summed E-state index contributed by atoms with van der Waals surface area (Å²) < 4.78 is 54.3. The molecule has 0 aliphatic heterocycles. The first-order chi connectivity index (χ1) is 9.40. The van der Waals surface area contributed by atoms with Crippen molar-refractivity contribution in [3.8, 4) is 0 Å². The summed E-state index contributed by atoms with van der Waals surface area (Å²) >= 11 is 2.85. The zero-order chi connectivity index (χ0) is 14.8. The predicted molar refractivity (Wildman–Crippen MR) is 71.5 cm³/mol. The van der Waals surface area contributed by atoms with Crippen LogP contribution in [0.4, 0.5) is 8.78 Å². The highest BCUT2D eigenvalue weighted by Crippen LogP contribution is 2.25. The monoisotopic (exact) mass is 365 g/mol. The van der Waals surface area contributed by atoms with Crippen LogP contribution in [0.1, 0.15) is 0 Å². The molecule has 0 atom stereocenters. The minimum absolute atomic E-state index is 0.0575. The van der Waals surface area contributed by atoms with E-state index in [4.69, 9.17) is 0 Å². The molecule has 0 saturated carbocycles. The van der Waals surface area contributed by atoms with Crippen molar-refractivity contribution in [2.75, 3.05) is 6.54 Å². The van der Waals surface area contributed by atoms with Crippen LogP contribution in [0, 0.1) is 11.6 Å². The first-order valence-electron chi connectivity index (χ1n) is 5.50. The zero-order valence-corrected chi connectivity index (χ0v) is 12.5. The topological polar surface area (TPSA) is 64.0 Å². The van der Waals surface area contributed by atoms with E-state index in [0.717, 1.165) is 6.07 Å². The lowest BCUT2D eigenvalue weighted by Gasteiger charge is -2.10. The maximum atomic E-state index is 13.6. The Bertz CT molecular complexity index is 681. The molecule has 5 nitrogen and oxygen atoms in total. The van der Waals surface area contributed by atoms with Gasteiger partial charge >= 0.3 is 0 Å². The maximum Gasteiger partial charge on any atom is 0.244 e. The van der Waals surface area contributed by atoms with Crippen LogP contribution in [0.3, 0.4) is 0 Å². The molecule has 2 rings (SSSR count). The van der Waals surface area contributed by atoms with Gasteiger partial charge in [0.2, 0.25) is 10.0 Å². The van der Waals surface area contributed by atoms with Crippen molar-refractivity contribution in [3.05, 3.63) is 47.0 Å². The third kappa shape index (κ3) is 3.41. The van der Waals surface area contributed by atoms with Gasteiger partial charge < -0.3 is 4.57 Å². The van der Waals surface area contributed by atoms with Crippen LogP contribution in [0.5, 0.6) is 0 Å². The summed E-state index contributed by atoms with van der Waals surface area (Å²) in [6.07, 6.45) is 4.76. The standard InChI is InChI=1S/C11H10BrF2N3O2S/c12-9-5-8(13)6-10(14)11(9)20(18,19)16-2-4-17-3-1-15-7-17/h1,3,5-7,16H,2,4H2. The highest BCUT2D eigenvalue weighted by Gasteiger charge is 2.23. The van der Waals surface area contributed by atoms with Gasteiger partial charge in [0.1, 0.15) is 16.5 Å². The summed E-state index contributed by atoms with van der Waals surface area (Å²) in [5.74, 6) is -2.00. The van der Waals surface area contributed by atoms with Crippen LogP contribution in [-0.2, 0) is 16.6 Å². The molecule has 9 heteroatoms. The fourth-order valence-electron chi connectivity index (χ4n) is 1.59. The van der Waals surface area contributed by atoms with E-state index in [-0.39, 0.29) is 11.0 Å². The van der Waals surface area contributed by atoms with E-state index in [1.165, 1.54) is 6.33 Å². The van der Waals surface area contributed by atoms with Gasteiger partial charge in [0.25, 0.3) is 0 Å². The quantitative estimate of drug-likeness (QED) is 0.879. The summed E-state index contributed by atoms with van der Waals surface area (Å²) in [5.41, 5.74) is 0. The van der Waals surface area contributed by atoms with Crippen molar-refractivity contribution >= 4 is 26.0 Å². The lowest BCUT2D eigenvalue weighted by Crippen LogP contribution is -2.28. The Balaban J connectivity index is 2.14. The van der Waals surface area contributed by atoms with Crippen molar-refractivity contribution in [1.82, 2.24) is 14.3 Å². The fourth-order valence-corrected chi connectivity index (χ4v) is 3.77. The molecule has 0 unspecified atom stereocenters. The summed E-state index contributed by atoms with van der Waals surface area (Å²) in [5, 5.41) is 0. The number of imidazole rings is 1. The molecule has 0 aliphatic rings. The van der Waals surface area contributed by atoms with Gasteiger partial charge in [-0.1, -0.05) is 0 Å². The smallest absolute Gasteiger partial charge is 0.244 e. The summed E-state index contributed by atoms with van der Waals surface area (Å²) in [6, 6.07) is 1.42. The molecular weight excluding hydrogens is 356 g/mol. The fraction of sp³-hybridized carbons (Fsp3) is 0.182. The Morgan fingerprint density at radius 2 is 2.10 bits per heavy atom. The van der Waals surface area contributed by atoms with E-state index < -0.39 is 26.6 Å². The third-order valence-electron chi connectivity index (χ3n) is 2.45. The Labute approximate surface area is 122 Å². The minimum atomic E-state index is -4.06. The number of hydrogen-bond acceptors (Lipinski definition) is 3. The molecule has 0 aliphatic carbocycles. The second kappa shape index (κ2) is 5.98. The van der Waals surface area contributed by atoms with Gasteiger partial charge in [-0.05, 0) is 22.0 Å². The maximum absolute atomic E-state index is 13.6. The predicted octanol–water partition coefficient (Wildman–Crippen LogP) is 1.90. The highest BCUT2D eigenvalue weighted by atomic mass is 79.9. The second-order valence-corrected chi connectivity index (χ2v) is 6.45. The SMILES string of the molecule is O=S(=O)(NCCn1ccnc1)c1c(F)cc(F)cc1Br. The molecule has 2 aromatic rings. The van der Waals surface area contributed by atoms with Gasteiger partial charge in [0.05, 0.1) is 6.33 Å². The zero-order valence-electron chi connectivity index (χ0n) is 10.1. The van der Waals surface area contributed by atoms with E-state index in [0.29, 0.717) is 12.6 Å². The molecular formula is C11H10BrF2N3O2S. The Morgan fingerprint density at radius 3 is 2.70 bits per heavy atom. The lowest BCUT2D eigenvalue weighted by atomic mass is 10.3. The Morgan fingerprint density at radius 1 is 1.35 bits per heavy atom. The third-order valence-corrected chi connectivity index (χ3v) is 4.88. The lowest BCUT2D eigenvalue weighted by molar-refractivity contribution is 0.538. The van der Waals surface area contributed by atoms with Crippen molar-refractivity contribution < 1.29 is 17.2 Å². The van der Waals surface area contributed by atoms with Crippen molar-refractivity contribution in [2.45, 2.75) is 11.4 Å². The molecule has 0 amide bonds.